The number of carbonyl (C=O) groups is 1. The number of para-hydroxylation sites is 2. The van der Waals surface area contributed by atoms with Crippen LogP contribution in [-0.4, -0.2) is 56.8 Å². The topological polar surface area (TPSA) is 76.8 Å². The number of nitrogens with zero attached hydrogens (tertiary/aromatic N) is 1. The summed E-state index contributed by atoms with van der Waals surface area (Å²) >= 11 is 0. The summed E-state index contributed by atoms with van der Waals surface area (Å²) in [5, 5.41) is 2.68. The molecule has 0 spiro atoms. The van der Waals surface area contributed by atoms with E-state index in [1.54, 1.807) is 7.05 Å². The number of rotatable bonds is 6. The van der Waals surface area contributed by atoms with Crippen LogP contribution in [0.1, 0.15) is 6.42 Å². The van der Waals surface area contributed by atoms with Crippen LogP contribution >= 0.6 is 0 Å². The minimum absolute atomic E-state index is 0.00271. The molecular weight excluding hydrogens is 270 g/mol. The molecule has 1 aromatic carbocycles. The van der Waals surface area contributed by atoms with Crippen LogP contribution in [0.3, 0.4) is 0 Å². The Morgan fingerprint density at radius 2 is 2.33 bits per heavy atom. The van der Waals surface area contributed by atoms with E-state index in [4.69, 9.17) is 15.2 Å². The minimum atomic E-state index is -0.203. The van der Waals surface area contributed by atoms with Gasteiger partial charge < -0.3 is 20.5 Å². The van der Waals surface area contributed by atoms with Crippen molar-refractivity contribution in [3.8, 4) is 5.75 Å². The predicted octanol–water partition coefficient (Wildman–Crippen LogP) is 0.485. The van der Waals surface area contributed by atoms with Gasteiger partial charge in [0.2, 0.25) is 5.91 Å². The quantitative estimate of drug-likeness (QED) is 0.589. The summed E-state index contributed by atoms with van der Waals surface area (Å²) in [6.45, 7) is 3.26. The average molecular weight is 293 g/mol. The van der Waals surface area contributed by atoms with E-state index in [-0.39, 0.29) is 11.9 Å². The molecule has 0 radical (unpaired) electrons. The number of morpholine rings is 1. The van der Waals surface area contributed by atoms with Gasteiger partial charge in [-0.25, -0.2) is 0 Å². The Bertz CT molecular complexity index is 467. The Morgan fingerprint density at radius 3 is 3.10 bits per heavy atom. The van der Waals surface area contributed by atoms with Gasteiger partial charge in [0.1, 0.15) is 11.8 Å². The van der Waals surface area contributed by atoms with Gasteiger partial charge in [-0.1, -0.05) is 12.1 Å². The second-order valence-electron chi connectivity index (χ2n) is 4.98. The molecule has 0 aromatic heterocycles. The van der Waals surface area contributed by atoms with Crippen LogP contribution in [0.25, 0.3) is 0 Å². The zero-order valence-electron chi connectivity index (χ0n) is 12.4. The number of carbonyl (C=O) groups excluding carboxylic acids is 1. The number of nitrogens with one attached hydrogen (secondary N) is 1. The van der Waals surface area contributed by atoms with Crippen LogP contribution in [0.4, 0.5) is 5.69 Å². The highest BCUT2D eigenvalue weighted by Crippen LogP contribution is 2.19. The molecule has 1 aliphatic heterocycles. The summed E-state index contributed by atoms with van der Waals surface area (Å²) in [6.07, 6.45) is 0.835. The molecule has 1 atom stereocenters. The van der Waals surface area contributed by atoms with Gasteiger partial charge in [-0.2, -0.15) is 0 Å². The molecule has 0 saturated carbocycles. The van der Waals surface area contributed by atoms with E-state index in [1.807, 2.05) is 24.3 Å². The summed E-state index contributed by atoms with van der Waals surface area (Å²) < 4.78 is 11.0. The summed E-state index contributed by atoms with van der Waals surface area (Å²) in [4.78, 5) is 13.9. The molecule has 21 heavy (non-hydrogen) atoms. The number of hydrogen-bond donors (Lipinski definition) is 2. The Labute approximate surface area is 125 Å². The van der Waals surface area contributed by atoms with Crippen LogP contribution in [0, 0.1) is 0 Å². The lowest BCUT2D eigenvalue weighted by atomic mass is 10.2. The van der Waals surface area contributed by atoms with Crippen molar-refractivity contribution < 1.29 is 14.3 Å². The number of benzene rings is 1. The summed E-state index contributed by atoms with van der Waals surface area (Å²) in [7, 11) is 1.65. The fourth-order valence-corrected chi connectivity index (χ4v) is 2.38. The number of amides is 1. The first-order chi connectivity index (χ1) is 10.2. The van der Waals surface area contributed by atoms with Crippen molar-refractivity contribution in [1.82, 2.24) is 10.2 Å². The molecule has 2 rings (SSSR count). The minimum Gasteiger partial charge on any atom is -0.491 e. The normalized spacial score (nSPS) is 19.2. The Kier molecular flexibility index (Phi) is 5.83. The molecule has 1 aliphatic rings. The first kappa shape index (κ1) is 15.6. The summed E-state index contributed by atoms with van der Waals surface area (Å²) in [5.41, 5.74) is 6.47. The number of hydrogen-bond acceptors (Lipinski definition) is 5. The zero-order valence-corrected chi connectivity index (χ0v) is 12.4. The van der Waals surface area contributed by atoms with Crippen molar-refractivity contribution >= 4 is 11.6 Å². The van der Waals surface area contributed by atoms with E-state index >= 15 is 0 Å². The lowest BCUT2D eigenvalue weighted by Gasteiger charge is -2.34. The Hall–Kier alpha value is -1.79. The first-order valence-corrected chi connectivity index (χ1v) is 7.23. The first-order valence-electron chi connectivity index (χ1n) is 7.23. The fraction of sp³-hybridized carbons (Fsp3) is 0.533. The van der Waals surface area contributed by atoms with Crippen molar-refractivity contribution in [3.05, 3.63) is 24.3 Å². The van der Waals surface area contributed by atoms with Gasteiger partial charge in [-0.15, -0.1) is 0 Å². The molecule has 1 fully saturated rings. The number of ether oxygens (including phenoxy) is 2. The Balaban J connectivity index is 1.76. The van der Waals surface area contributed by atoms with E-state index in [0.29, 0.717) is 31.3 Å². The maximum Gasteiger partial charge on any atom is 0.239 e. The Morgan fingerprint density at radius 1 is 1.52 bits per heavy atom. The van der Waals surface area contributed by atoms with Crippen molar-refractivity contribution in [3.63, 3.8) is 0 Å². The highest BCUT2D eigenvalue weighted by Gasteiger charge is 2.28. The molecule has 0 aliphatic carbocycles. The largest absolute Gasteiger partial charge is 0.491 e. The van der Waals surface area contributed by atoms with Gasteiger partial charge in [0, 0.05) is 20.1 Å². The summed E-state index contributed by atoms with van der Waals surface area (Å²) in [5.74, 6) is 0.713. The predicted molar refractivity (Wildman–Crippen MR) is 81.2 cm³/mol. The molecule has 1 heterocycles. The van der Waals surface area contributed by atoms with Crippen LogP contribution in [0.15, 0.2) is 24.3 Å². The third-order valence-electron chi connectivity index (χ3n) is 3.55. The average Bonchev–Trinajstić information content (AvgIpc) is 2.52. The molecule has 116 valence electrons. The van der Waals surface area contributed by atoms with E-state index in [9.17, 15) is 4.79 Å². The van der Waals surface area contributed by atoms with Crippen molar-refractivity contribution in [1.29, 1.82) is 0 Å². The number of nitrogens with two attached hydrogens (primary N) is 1. The van der Waals surface area contributed by atoms with E-state index in [2.05, 4.69) is 10.2 Å². The fourth-order valence-electron chi connectivity index (χ4n) is 2.38. The van der Waals surface area contributed by atoms with Gasteiger partial charge in [0.25, 0.3) is 0 Å². The molecule has 1 aromatic rings. The molecule has 3 N–H and O–H groups in total. The SMILES string of the molecule is CNC(=O)C1COCCN1CCCOc1ccccc1N. The molecule has 1 amide bonds. The third kappa shape index (κ3) is 4.34. The van der Waals surface area contributed by atoms with Crippen molar-refractivity contribution in [2.75, 3.05) is 45.7 Å². The standard InChI is InChI=1S/C15H23N3O3/c1-17-15(19)13-11-20-10-8-18(13)7-4-9-21-14-6-3-2-5-12(14)16/h2-3,5-6,13H,4,7-11,16H2,1H3,(H,17,19). The van der Waals surface area contributed by atoms with Gasteiger partial charge in [-0.05, 0) is 18.6 Å². The van der Waals surface area contributed by atoms with Gasteiger partial charge in [-0.3, -0.25) is 9.69 Å². The smallest absolute Gasteiger partial charge is 0.239 e. The number of nitrogen functional groups attached to an aromatic ring is 1. The van der Waals surface area contributed by atoms with Crippen LogP contribution in [-0.2, 0) is 9.53 Å². The third-order valence-corrected chi connectivity index (χ3v) is 3.55. The van der Waals surface area contributed by atoms with Crippen molar-refractivity contribution in [2.45, 2.75) is 12.5 Å². The van der Waals surface area contributed by atoms with Crippen LogP contribution in [0.2, 0.25) is 0 Å². The second-order valence-corrected chi connectivity index (χ2v) is 4.98. The van der Waals surface area contributed by atoms with Crippen molar-refractivity contribution in [2.24, 2.45) is 0 Å². The second kappa shape index (κ2) is 7.85. The lowest BCUT2D eigenvalue weighted by molar-refractivity contribution is -0.132. The van der Waals surface area contributed by atoms with E-state index in [0.717, 1.165) is 19.5 Å². The molecular formula is C15H23N3O3. The molecule has 6 nitrogen and oxygen atoms in total. The van der Waals surface area contributed by atoms with E-state index in [1.165, 1.54) is 0 Å². The molecule has 6 heteroatoms. The zero-order chi connectivity index (χ0) is 15.1. The highest BCUT2D eigenvalue weighted by atomic mass is 16.5. The summed E-state index contributed by atoms with van der Waals surface area (Å²) in [6, 6.07) is 7.25. The maximum absolute atomic E-state index is 11.8. The van der Waals surface area contributed by atoms with Gasteiger partial charge in [0.05, 0.1) is 25.5 Å². The van der Waals surface area contributed by atoms with Gasteiger partial charge in [0.15, 0.2) is 0 Å². The van der Waals surface area contributed by atoms with E-state index < -0.39 is 0 Å². The van der Waals surface area contributed by atoms with Crippen LogP contribution in [0.5, 0.6) is 5.75 Å². The van der Waals surface area contributed by atoms with Gasteiger partial charge >= 0.3 is 0 Å². The molecule has 0 bridgehead atoms. The monoisotopic (exact) mass is 293 g/mol. The lowest BCUT2D eigenvalue weighted by Crippen LogP contribution is -2.53. The maximum atomic E-state index is 11.8. The molecule has 1 saturated heterocycles. The highest BCUT2D eigenvalue weighted by molar-refractivity contribution is 5.81. The number of anilines is 1. The molecule has 1 unspecified atom stereocenters. The number of likely N-dealkylation sites (N-methyl/N-ethyl adjacent to an activating group) is 1. The van der Waals surface area contributed by atoms with Crippen LogP contribution < -0.4 is 15.8 Å².